The predicted molar refractivity (Wildman–Crippen MR) is 158 cm³/mol. The van der Waals surface area contributed by atoms with E-state index in [-0.39, 0.29) is 5.63 Å². The van der Waals surface area contributed by atoms with Gasteiger partial charge in [0.25, 0.3) is 0 Å². The van der Waals surface area contributed by atoms with Gasteiger partial charge >= 0.3 is 5.63 Å². The van der Waals surface area contributed by atoms with Gasteiger partial charge in [-0.15, -0.1) is 0 Å². The molecule has 0 saturated carbocycles. The van der Waals surface area contributed by atoms with Gasteiger partial charge in [0.2, 0.25) is 0 Å². The lowest BCUT2D eigenvalue weighted by molar-refractivity contribution is 0.516. The van der Waals surface area contributed by atoms with E-state index in [0.717, 1.165) is 28.0 Å². The molecule has 1 spiro atoms. The van der Waals surface area contributed by atoms with Crippen molar-refractivity contribution in [1.82, 2.24) is 0 Å². The molecule has 0 aliphatic carbocycles. The third-order valence-electron chi connectivity index (χ3n) is 8.15. The zero-order valence-electron chi connectivity index (χ0n) is 21.2. The van der Waals surface area contributed by atoms with Gasteiger partial charge in [0, 0.05) is 15.5 Å². The Labute approximate surface area is 230 Å². The molecule has 6 aromatic rings. The average molecular weight is 522 g/mol. The summed E-state index contributed by atoms with van der Waals surface area (Å²) in [6.07, 6.45) is 1.55. The summed E-state index contributed by atoms with van der Waals surface area (Å²) in [6, 6.07) is 41.2. The van der Waals surface area contributed by atoms with Crippen LogP contribution < -0.4 is 10.5 Å². The number of benzene rings is 5. The van der Waals surface area contributed by atoms with Gasteiger partial charge in [0.15, 0.2) is 0 Å². The summed E-state index contributed by atoms with van der Waals surface area (Å²) < 4.78 is 5.24. The van der Waals surface area contributed by atoms with E-state index in [1.807, 2.05) is 30.8 Å². The van der Waals surface area contributed by atoms with Gasteiger partial charge in [-0.3, -0.25) is 0 Å². The Balaban J connectivity index is 1.50. The van der Waals surface area contributed by atoms with Crippen LogP contribution in [-0.2, 0) is 5.41 Å². The molecule has 0 fully saturated rings. The Bertz CT molecular complexity index is 1910. The molecule has 0 N–H and O–H groups in total. The van der Waals surface area contributed by atoms with Gasteiger partial charge < -0.3 is 9.32 Å². The number of rotatable bonds is 1. The molecule has 39 heavy (non-hydrogen) atoms. The smallest absolute Gasteiger partial charge is 0.343 e. The minimum atomic E-state index is -0.462. The number of nitrogens with zero attached hydrogens (tertiary/aromatic N) is 1. The first-order valence-corrected chi connectivity index (χ1v) is 13.9. The van der Waals surface area contributed by atoms with Crippen molar-refractivity contribution in [3.8, 4) is 0 Å². The lowest BCUT2D eigenvalue weighted by atomic mass is 9.62. The van der Waals surface area contributed by atoms with Gasteiger partial charge in [-0.2, -0.15) is 0 Å². The zero-order valence-corrected chi connectivity index (χ0v) is 22.0. The summed E-state index contributed by atoms with van der Waals surface area (Å²) in [6.45, 7) is 1.98. The second kappa shape index (κ2) is 8.23. The first-order chi connectivity index (χ1) is 19.2. The van der Waals surface area contributed by atoms with Crippen molar-refractivity contribution in [2.45, 2.75) is 22.1 Å². The molecule has 4 heteroatoms. The first-order valence-electron chi connectivity index (χ1n) is 13.1. The number of para-hydroxylation sites is 2. The molecule has 3 heterocycles. The van der Waals surface area contributed by atoms with Crippen LogP contribution in [-0.4, -0.2) is 0 Å². The van der Waals surface area contributed by atoms with Gasteiger partial charge in [0.05, 0.1) is 28.4 Å². The van der Waals surface area contributed by atoms with Crippen molar-refractivity contribution in [2.75, 3.05) is 4.90 Å². The SMILES string of the molecule is Cc1coc(=O)c2ccc(N3c4ccccc4C4(c5ccccc5Sc5ccccc54)c4ccccc43)cc12. The third kappa shape index (κ3) is 2.98. The van der Waals surface area contributed by atoms with E-state index in [0.29, 0.717) is 5.39 Å². The Kier molecular flexibility index (Phi) is 4.73. The molecule has 0 radical (unpaired) electrons. The van der Waals surface area contributed by atoms with Crippen LogP contribution in [0.1, 0.15) is 27.8 Å². The minimum Gasteiger partial charge on any atom is -0.431 e. The summed E-state index contributed by atoms with van der Waals surface area (Å²) >= 11 is 1.85. The van der Waals surface area contributed by atoms with Crippen molar-refractivity contribution in [3.63, 3.8) is 0 Å². The van der Waals surface area contributed by atoms with E-state index in [2.05, 4.69) is 108 Å². The lowest BCUT2D eigenvalue weighted by Crippen LogP contribution is -2.39. The Hall–Kier alpha value is -4.54. The van der Waals surface area contributed by atoms with Crippen molar-refractivity contribution in [3.05, 3.63) is 160 Å². The van der Waals surface area contributed by atoms with E-state index >= 15 is 0 Å². The molecule has 186 valence electrons. The molecule has 0 atom stereocenters. The molecule has 0 saturated heterocycles. The van der Waals surface area contributed by atoms with Gasteiger partial charge in [-0.1, -0.05) is 84.6 Å². The summed E-state index contributed by atoms with van der Waals surface area (Å²) in [5, 5.41) is 1.50. The van der Waals surface area contributed by atoms with Crippen molar-refractivity contribution < 1.29 is 4.42 Å². The van der Waals surface area contributed by atoms with Gasteiger partial charge in [0.1, 0.15) is 0 Å². The number of anilines is 3. The number of hydrogen-bond donors (Lipinski definition) is 0. The van der Waals surface area contributed by atoms with Crippen molar-refractivity contribution in [2.24, 2.45) is 0 Å². The Morgan fingerprint density at radius 3 is 1.79 bits per heavy atom. The van der Waals surface area contributed by atoms with Crippen LogP contribution in [0.5, 0.6) is 0 Å². The van der Waals surface area contributed by atoms with Crippen LogP contribution in [0.4, 0.5) is 17.1 Å². The highest BCUT2D eigenvalue weighted by atomic mass is 32.2. The van der Waals surface area contributed by atoms with Crippen LogP contribution >= 0.6 is 11.8 Å². The average Bonchev–Trinajstić information content (AvgIpc) is 2.99. The van der Waals surface area contributed by atoms with E-state index in [1.165, 1.54) is 32.0 Å². The fourth-order valence-electron chi connectivity index (χ4n) is 6.54. The fraction of sp³-hybridized carbons (Fsp3) is 0.0571. The van der Waals surface area contributed by atoms with Gasteiger partial charge in [-0.05, 0) is 82.6 Å². The van der Waals surface area contributed by atoms with Gasteiger partial charge in [-0.25, -0.2) is 4.79 Å². The lowest BCUT2D eigenvalue weighted by Gasteiger charge is -2.49. The summed E-state index contributed by atoms with van der Waals surface area (Å²) in [7, 11) is 0. The highest BCUT2D eigenvalue weighted by Gasteiger charge is 2.50. The van der Waals surface area contributed by atoms with Crippen molar-refractivity contribution in [1.29, 1.82) is 0 Å². The largest absolute Gasteiger partial charge is 0.431 e. The highest BCUT2D eigenvalue weighted by molar-refractivity contribution is 7.99. The second-order valence-corrected chi connectivity index (χ2v) is 11.2. The number of aryl methyl sites for hydroxylation is 1. The summed E-state index contributed by atoms with van der Waals surface area (Å²) in [5.74, 6) is 0. The predicted octanol–water partition coefficient (Wildman–Crippen LogP) is 8.73. The van der Waals surface area contributed by atoms with E-state index < -0.39 is 5.41 Å². The number of hydrogen-bond acceptors (Lipinski definition) is 4. The molecule has 8 rings (SSSR count). The molecular formula is C35H23NO2S. The molecule has 0 unspecified atom stereocenters. The second-order valence-electron chi connectivity index (χ2n) is 10.2. The van der Waals surface area contributed by atoms with Crippen LogP contribution in [0.15, 0.2) is 141 Å². The first kappa shape index (κ1) is 22.4. The van der Waals surface area contributed by atoms with Crippen LogP contribution in [0.25, 0.3) is 10.8 Å². The normalized spacial score (nSPS) is 14.4. The molecule has 3 nitrogen and oxygen atoms in total. The maximum atomic E-state index is 12.5. The maximum Gasteiger partial charge on any atom is 0.343 e. The Morgan fingerprint density at radius 1 is 0.641 bits per heavy atom. The molecule has 2 aliphatic heterocycles. The minimum absolute atomic E-state index is 0.312. The number of fused-ring (bicyclic) bond motifs is 9. The van der Waals surface area contributed by atoms with Crippen LogP contribution in [0.3, 0.4) is 0 Å². The van der Waals surface area contributed by atoms with Crippen LogP contribution in [0.2, 0.25) is 0 Å². The molecule has 5 aromatic carbocycles. The highest BCUT2D eigenvalue weighted by Crippen LogP contribution is 2.62. The zero-order chi connectivity index (χ0) is 26.1. The fourth-order valence-corrected chi connectivity index (χ4v) is 7.74. The molecule has 2 aliphatic rings. The molecule has 1 aromatic heterocycles. The quantitative estimate of drug-likeness (QED) is 0.216. The molecule has 0 bridgehead atoms. The monoisotopic (exact) mass is 521 g/mol. The standard InChI is InChI=1S/C35H23NO2S/c1-22-21-38-34(37)24-19-18-23(20-25(22)24)36-30-14-6-2-10-26(30)35(27-11-3-7-15-31(27)36)28-12-4-8-16-32(28)39-33-17-9-5-13-29(33)35/h2-21H,1H3. The summed E-state index contributed by atoms with van der Waals surface area (Å²) in [5.41, 5.74) is 8.54. The summed E-state index contributed by atoms with van der Waals surface area (Å²) in [4.78, 5) is 17.4. The van der Waals surface area contributed by atoms with E-state index in [9.17, 15) is 4.79 Å². The molecule has 0 amide bonds. The molecular weight excluding hydrogens is 498 g/mol. The maximum absolute atomic E-state index is 12.5. The topological polar surface area (TPSA) is 33.5 Å². The Morgan fingerprint density at radius 2 is 1.18 bits per heavy atom. The van der Waals surface area contributed by atoms with Crippen LogP contribution in [0, 0.1) is 6.92 Å². The van der Waals surface area contributed by atoms with E-state index in [1.54, 1.807) is 6.26 Å². The van der Waals surface area contributed by atoms with E-state index in [4.69, 9.17) is 4.42 Å². The van der Waals surface area contributed by atoms with Crippen molar-refractivity contribution >= 4 is 39.6 Å². The third-order valence-corrected chi connectivity index (χ3v) is 9.30.